The maximum absolute atomic E-state index is 6.00. The van der Waals surface area contributed by atoms with Gasteiger partial charge in [-0.05, 0) is 12.1 Å². The summed E-state index contributed by atoms with van der Waals surface area (Å²) in [6, 6.07) is 5.25. The molecular weight excluding hydrogens is 273 g/mol. The second-order valence-electron chi connectivity index (χ2n) is 3.66. The molecule has 0 aliphatic heterocycles. The van der Waals surface area contributed by atoms with Crippen LogP contribution in [0, 0.1) is 0 Å². The number of aromatic nitrogens is 4. The molecule has 3 rings (SSSR count). The number of nitrogen functional groups attached to an aromatic ring is 1. The molecule has 5 nitrogen and oxygen atoms in total. The van der Waals surface area contributed by atoms with Gasteiger partial charge in [-0.3, -0.25) is 0 Å². The summed E-state index contributed by atoms with van der Waals surface area (Å²) in [4.78, 5) is 15.3. The molecular formula is C11H7Cl2N5. The number of hydrogen-bond donors (Lipinski definition) is 2. The molecule has 0 saturated heterocycles. The Hall–Kier alpha value is -1.85. The fourth-order valence-electron chi connectivity index (χ4n) is 1.70. The van der Waals surface area contributed by atoms with Gasteiger partial charge in [0.05, 0.1) is 16.4 Å². The number of rotatable bonds is 1. The molecule has 3 N–H and O–H groups in total. The number of aromatic amines is 1. The predicted molar refractivity (Wildman–Crippen MR) is 71.6 cm³/mol. The standard InChI is InChI=1S/C11H7Cl2N5/c12-6-2-1-5(3-7(6)13)8-9-10(16-4-15-9)18-11(14)17-8/h1-4H,(H3,14,15,16,17,18). The topological polar surface area (TPSA) is 80.5 Å². The van der Waals surface area contributed by atoms with Crippen LogP contribution in [0.2, 0.25) is 10.0 Å². The Balaban J connectivity index is 2.30. The lowest BCUT2D eigenvalue weighted by molar-refractivity contribution is 1.22. The van der Waals surface area contributed by atoms with Crippen molar-refractivity contribution in [2.45, 2.75) is 0 Å². The lowest BCUT2D eigenvalue weighted by Crippen LogP contribution is -1.97. The molecule has 0 amide bonds. The van der Waals surface area contributed by atoms with Gasteiger partial charge in [0.15, 0.2) is 5.65 Å². The maximum atomic E-state index is 6.00. The summed E-state index contributed by atoms with van der Waals surface area (Å²) >= 11 is 11.9. The van der Waals surface area contributed by atoms with Gasteiger partial charge in [0.2, 0.25) is 5.95 Å². The minimum Gasteiger partial charge on any atom is -0.368 e. The van der Waals surface area contributed by atoms with Crippen LogP contribution in [-0.2, 0) is 0 Å². The number of hydrogen-bond acceptors (Lipinski definition) is 4. The molecule has 7 heteroatoms. The number of imidazole rings is 1. The highest BCUT2D eigenvalue weighted by molar-refractivity contribution is 6.42. The number of anilines is 1. The van der Waals surface area contributed by atoms with Crippen LogP contribution in [-0.4, -0.2) is 19.9 Å². The summed E-state index contributed by atoms with van der Waals surface area (Å²) in [6.07, 6.45) is 1.54. The Kier molecular flexibility index (Phi) is 2.57. The van der Waals surface area contributed by atoms with Crippen molar-refractivity contribution in [3.8, 4) is 11.3 Å². The summed E-state index contributed by atoms with van der Waals surface area (Å²) in [5.41, 5.74) is 8.33. The summed E-state index contributed by atoms with van der Waals surface area (Å²) in [6.45, 7) is 0. The van der Waals surface area contributed by atoms with Crippen molar-refractivity contribution in [1.82, 2.24) is 19.9 Å². The molecule has 0 aliphatic carbocycles. The molecule has 0 aliphatic rings. The Bertz CT molecular complexity index is 737. The first kappa shape index (κ1) is 11.3. The highest BCUT2D eigenvalue weighted by Gasteiger charge is 2.11. The van der Waals surface area contributed by atoms with E-state index in [0.717, 1.165) is 5.56 Å². The molecule has 0 radical (unpaired) electrons. The normalized spacial score (nSPS) is 11.0. The van der Waals surface area contributed by atoms with Crippen LogP contribution < -0.4 is 5.73 Å². The molecule has 0 spiro atoms. The molecule has 18 heavy (non-hydrogen) atoms. The summed E-state index contributed by atoms with van der Waals surface area (Å²) in [5.74, 6) is 0.163. The number of nitrogens with zero attached hydrogens (tertiary/aromatic N) is 3. The van der Waals surface area contributed by atoms with E-state index in [1.165, 1.54) is 0 Å². The Morgan fingerprint density at radius 1 is 1.11 bits per heavy atom. The van der Waals surface area contributed by atoms with E-state index in [4.69, 9.17) is 28.9 Å². The van der Waals surface area contributed by atoms with E-state index < -0.39 is 0 Å². The number of H-pyrrole nitrogens is 1. The number of halogens is 2. The van der Waals surface area contributed by atoms with Crippen LogP contribution in [0.5, 0.6) is 0 Å². The van der Waals surface area contributed by atoms with Crippen LogP contribution in [0.3, 0.4) is 0 Å². The summed E-state index contributed by atoms with van der Waals surface area (Å²) in [5, 5.41) is 0.947. The molecule has 2 aromatic heterocycles. The third-order valence-electron chi connectivity index (χ3n) is 2.50. The van der Waals surface area contributed by atoms with Crippen LogP contribution in [0.1, 0.15) is 0 Å². The minimum atomic E-state index is 0.163. The van der Waals surface area contributed by atoms with Gasteiger partial charge in [-0.2, -0.15) is 4.98 Å². The molecule has 0 unspecified atom stereocenters. The smallest absolute Gasteiger partial charge is 0.222 e. The number of nitrogens with one attached hydrogen (secondary N) is 1. The highest BCUT2D eigenvalue weighted by Crippen LogP contribution is 2.30. The second-order valence-corrected chi connectivity index (χ2v) is 4.47. The second kappa shape index (κ2) is 4.12. The van der Waals surface area contributed by atoms with Crippen molar-refractivity contribution in [2.75, 3.05) is 5.73 Å². The van der Waals surface area contributed by atoms with Gasteiger partial charge in [0.1, 0.15) is 11.2 Å². The number of nitrogens with two attached hydrogens (primary N) is 1. The van der Waals surface area contributed by atoms with Crippen molar-refractivity contribution in [3.63, 3.8) is 0 Å². The van der Waals surface area contributed by atoms with Crippen LogP contribution in [0.15, 0.2) is 24.5 Å². The Morgan fingerprint density at radius 2 is 1.94 bits per heavy atom. The van der Waals surface area contributed by atoms with Crippen LogP contribution in [0.25, 0.3) is 22.4 Å². The molecule has 0 bridgehead atoms. The summed E-state index contributed by atoms with van der Waals surface area (Å²) < 4.78 is 0. The third-order valence-corrected chi connectivity index (χ3v) is 3.24. The van der Waals surface area contributed by atoms with E-state index in [9.17, 15) is 0 Å². The molecule has 3 aromatic rings. The SMILES string of the molecule is Nc1nc(-c2ccc(Cl)c(Cl)c2)c2[nH]cnc2n1. The van der Waals surface area contributed by atoms with E-state index >= 15 is 0 Å². The zero-order valence-corrected chi connectivity index (χ0v) is 10.5. The van der Waals surface area contributed by atoms with E-state index in [1.807, 2.05) is 6.07 Å². The van der Waals surface area contributed by atoms with Crippen molar-refractivity contribution in [2.24, 2.45) is 0 Å². The van der Waals surface area contributed by atoms with Crippen molar-refractivity contribution in [1.29, 1.82) is 0 Å². The third kappa shape index (κ3) is 1.77. The zero-order valence-electron chi connectivity index (χ0n) is 8.98. The lowest BCUT2D eigenvalue weighted by Gasteiger charge is -2.04. The highest BCUT2D eigenvalue weighted by atomic mass is 35.5. The quantitative estimate of drug-likeness (QED) is 0.718. The van der Waals surface area contributed by atoms with E-state index in [2.05, 4.69) is 19.9 Å². The van der Waals surface area contributed by atoms with Gasteiger partial charge in [0.25, 0.3) is 0 Å². The average molecular weight is 280 g/mol. The fraction of sp³-hybridized carbons (Fsp3) is 0. The lowest BCUT2D eigenvalue weighted by atomic mass is 10.1. The number of fused-ring (bicyclic) bond motifs is 1. The van der Waals surface area contributed by atoms with Gasteiger partial charge in [-0.1, -0.05) is 29.3 Å². The first-order chi connectivity index (χ1) is 8.65. The van der Waals surface area contributed by atoms with Crippen molar-refractivity contribution < 1.29 is 0 Å². The largest absolute Gasteiger partial charge is 0.368 e. The first-order valence-electron chi connectivity index (χ1n) is 5.07. The summed E-state index contributed by atoms with van der Waals surface area (Å²) in [7, 11) is 0. The zero-order chi connectivity index (χ0) is 12.7. The fourth-order valence-corrected chi connectivity index (χ4v) is 2.00. The van der Waals surface area contributed by atoms with E-state index in [1.54, 1.807) is 18.5 Å². The van der Waals surface area contributed by atoms with Crippen LogP contribution >= 0.6 is 23.2 Å². The van der Waals surface area contributed by atoms with E-state index in [0.29, 0.717) is 26.9 Å². The van der Waals surface area contributed by atoms with Gasteiger partial charge in [0, 0.05) is 5.56 Å². The van der Waals surface area contributed by atoms with E-state index in [-0.39, 0.29) is 5.95 Å². The van der Waals surface area contributed by atoms with Crippen LogP contribution in [0.4, 0.5) is 5.95 Å². The van der Waals surface area contributed by atoms with Gasteiger partial charge < -0.3 is 10.7 Å². The molecule has 0 saturated carbocycles. The number of benzene rings is 1. The van der Waals surface area contributed by atoms with Gasteiger partial charge in [-0.15, -0.1) is 0 Å². The van der Waals surface area contributed by atoms with Gasteiger partial charge in [-0.25, -0.2) is 9.97 Å². The molecule has 2 heterocycles. The minimum absolute atomic E-state index is 0.163. The first-order valence-corrected chi connectivity index (χ1v) is 5.83. The Labute approximate surface area is 112 Å². The van der Waals surface area contributed by atoms with Crippen molar-refractivity contribution >= 4 is 40.3 Å². The molecule has 90 valence electrons. The van der Waals surface area contributed by atoms with Crippen molar-refractivity contribution in [3.05, 3.63) is 34.6 Å². The predicted octanol–water partition coefficient (Wildman–Crippen LogP) is 2.91. The molecule has 0 fully saturated rings. The maximum Gasteiger partial charge on any atom is 0.222 e. The average Bonchev–Trinajstić information content (AvgIpc) is 2.79. The monoisotopic (exact) mass is 279 g/mol. The van der Waals surface area contributed by atoms with Gasteiger partial charge >= 0.3 is 0 Å². The molecule has 1 aromatic carbocycles. The molecule has 0 atom stereocenters. The Morgan fingerprint density at radius 3 is 2.72 bits per heavy atom.